The van der Waals surface area contributed by atoms with Gasteiger partial charge in [0.2, 0.25) is 0 Å². The van der Waals surface area contributed by atoms with Gasteiger partial charge in [0.25, 0.3) is 0 Å². The summed E-state index contributed by atoms with van der Waals surface area (Å²) in [7, 11) is 0. The standard InChI is InChI=1S/2C32H29.C2H6Si.2ClH.Zr/c2*1-22-9-13-27(14-10-22)29-17-18-30(28-15-11-23(2)12-16-28)32-21-25(20-31(29)32)19-24(3)26-7-5-4-6-8-26;1-3-2;;;/h2*4-18,20-21,24H,19H2,1-3H3;1-2H3;2*1H;/q2*-1;;;;+2/p-2. The van der Waals surface area contributed by atoms with Gasteiger partial charge in [0.15, 0.2) is 0 Å². The fourth-order valence-corrected chi connectivity index (χ4v) is 9.40. The van der Waals surface area contributed by atoms with Crippen molar-refractivity contribution in [1.29, 1.82) is 0 Å². The van der Waals surface area contributed by atoms with Gasteiger partial charge < -0.3 is 24.8 Å². The molecule has 0 aromatic heterocycles. The molecule has 0 N–H and O–H groups in total. The second kappa shape index (κ2) is 25.2. The van der Waals surface area contributed by atoms with Crippen LogP contribution in [0, 0.1) is 27.7 Å². The van der Waals surface area contributed by atoms with Crippen molar-refractivity contribution in [2.24, 2.45) is 0 Å². The Morgan fingerprint density at radius 3 is 0.929 bits per heavy atom. The second-order valence-electron chi connectivity index (χ2n) is 19.2. The summed E-state index contributed by atoms with van der Waals surface area (Å²) in [5, 5.41) is 5.40. The maximum absolute atomic E-state index is 2.42. The molecule has 10 rings (SSSR count). The van der Waals surface area contributed by atoms with Crippen LogP contribution in [0.15, 0.2) is 206 Å². The molecule has 0 radical (unpaired) electrons. The SMILES string of the molecule is C[Si](C)=[Zr+2].Cc1ccc(-c2ccc(-c3ccc(C)cc3)c3[cH-]c(CC(C)c4ccccc4)cc23)cc1.Cc1ccc(-c2ccc(-c3ccc(C)cc3)c3[cH-]c(CC(C)c4ccccc4)cc23)cc1.[Cl-].[Cl-]. The Bertz CT molecular complexity index is 2850. The smallest absolute Gasteiger partial charge is 0.0165 e. The van der Waals surface area contributed by atoms with E-state index in [1.54, 1.807) is 23.3 Å². The van der Waals surface area contributed by atoms with Crippen molar-refractivity contribution in [2.45, 2.75) is 79.3 Å². The summed E-state index contributed by atoms with van der Waals surface area (Å²) < 4.78 is 0. The van der Waals surface area contributed by atoms with E-state index >= 15 is 0 Å². The molecule has 10 aromatic rings. The summed E-state index contributed by atoms with van der Waals surface area (Å²) in [6.45, 7) is 17.9. The minimum atomic E-state index is 0. The Kier molecular flexibility index (Phi) is 19.4. The molecule has 2 unspecified atom stereocenters. The largest absolute Gasteiger partial charge is 1.00 e. The van der Waals surface area contributed by atoms with Crippen LogP contribution in [-0.2, 0) is 36.2 Å². The number of fused-ring (bicyclic) bond motifs is 2. The molecule has 70 heavy (non-hydrogen) atoms. The Morgan fingerprint density at radius 2 is 0.643 bits per heavy atom. The molecule has 0 saturated carbocycles. The summed E-state index contributed by atoms with van der Waals surface area (Å²) >= 11 is 1.74. The Morgan fingerprint density at radius 1 is 0.386 bits per heavy atom. The molecule has 352 valence electrons. The number of rotatable bonds is 10. The van der Waals surface area contributed by atoms with Crippen molar-refractivity contribution in [3.8, 4) is 44.5 Å². The number of halogens is 2. The van der Waals surface area contributed by atoms with Crippen molar-refractivity contribution < 1.29 is 48.1 Å². The van der Waals surface area contributed by atoms with E-state index in [1.165, 1.54) is 111 Å². The van der Waals surface area contributed by atoms with Gasteiger partial charge in [0, 0.05) is 0 Å². The van der Waals surface area contributed by atoms with Crippen LogP contribution >= 0.6 is 0 Å². The zero-order chi connectivity index (χ0) is 47.7. The zero-order valence-corrected chi connectivity index (χ0v) is 46.9. The molecule has 0 bridgehead atoms. The third-order valence-electron chi connectivity index (χ3n) is 13.2. The van der Waals surface area contributed by atoms with Gasteiger partial charge in [-0.1, -0.05) is 251 Å². The van der Waals surface area contributed by atoms with Gasteiger partial charge in [0.05, 0.1) is 0 Å². The van der Waals surface area contributed by atoms with Crippen molar-refractivity contribution in [1.82, 2.24) is 0 Å². The number of aryl methyl sites for hydroxylation is 4. The van der Waals surface area contributed by atoms with Crippen LogP contribution in [-0.4, -0.2) is 5.43 Å². The normalized spacial score (nSPS) is 11.6. The van der Waals surface area contributed by atoms with Crippen LogP contribution in [0.2, 0.25) is 13.1 Å². The maximum Gasteiger partial charge on any atom is -0.0165 e. The predicted molar refractivity (Wildman–Crippen MR) is 294 cm³/mol. The molecule has 0 amide bonds. The Hall–Kier alpha value is -5.34. The molecule has 0 aliphatic heterocycles. The van der Waals surface area contributed by atoms with Crippen molar-refractivity contribution in [2.75, 3.05) is 0 Å². The first-order valence-corrected chi connectivity index (χ1v) is 30.4. The Balaban J connectivity index is 0.000000208. The monoisotopic (exact) mass is 1040 g/mol. The van der Waals surface area contributed by atoms with Crippen LogP contribution < -0.4 is 24.8 Å². The third kappa shape index (κ3) is 13.5. The zero-order valence-electron chi connectivity index (χ0n) is 42.0. The second-order valence-corrected chi connectivity index (χ2v) is 28.6. The molecular formula is C66H64Cl2SiZr-2. The van der Waals surface area contributed by atoms with E-state index in [0.29, 0.717) is 11.8 Å². The first kappa shape index (κ1) is 54.0. The van der Waals surface area contributed by atoms with E-state index in [9.17, 15) is 0 Å². The molecule has 2 atom stereocenters. The number of hydrogen-bond acceptors (Lipinski definition) is 0. The molecule has 0 saturated heterocycles. The van der Waals surface area contributed by atoms with Crippen LogP contribution in [0.3, 0.4) is 0 Å². The minimum Gasteiger partial charge on any atom is -1.00 e. The molecule has 0 aliphatic carbocycles. The van der Waals surface area contributed by atoms with E-state index in [1.807, 2.05) is 0 Å². The summed E-state index contributed by atoms with van der Waals surface area (Å²) in [6.07, 6.45) is 2.08. The summed E-state index contributed by atoms with van der Waals surface area (Å²) in [5.41, 5.74) is 21.4. The van der Waals surface area contributed by atoms with Gasteiger partial charge in [-0.2, -0.15) is 12.1 Å². The summed E-state index contributed by atoms with van der Waals surface area (Å²) in [6, 6.07) is 76.2. The van der Waals surface area contributed by atoms with Gasteiger partial charge in [-0.15, -0.1) is 44.8 Å². The van der Waals surface area contributed by atoms with Crippen LogP contribution in [0.25, 0.3) is 66.1 Å². The number of hydrogen-bond donors (Lipinski definition) is 0. The fraction of sp³-hybridized carbons (Fsp3) is 0.182. The molecule has 0 fully saturated rings. The van der Waals surface area contributed by atoms with E-state index in [4.69, 9.17) is 0 Å². The fourth-order valence-electron chi connectivity index (χ4n) is 9.40. The summed E-state index contributed by atoms with van der Waals surface area (Å²) in [4.78, 5) is 0. The molecular weight excluding hydrogens is 983 g/mol. The van der Waals surface area contributed by atoms with E-state index in [0.717, 1.165) is 12.8 Å². The van der Waals surface area contributed by atoms with Crippen LogP contribution in [0.1, 0.15) is 70.2 Å². The molecule has 0 aliphatic rings. The van der Waals surface area contributed by atoms with Crippen molar-refractivity contribution in [3.05, 3.63) is 251 Å². The van der Waals surface area contributed by atoms with Gasteiger partial charge in [-0.25, -0.2) is 0 Å². The minimum absolute atomic E-state index is 0. The molecule has 4 heteroatoms. The predicted octanol–water partition coefficient (Wildman–Crippen LogP) is 12.5. The van der Waals surface area contributed by atoms with E-state index in [2.05, 4.69) is 261 Å². The van der Waals surface area contributed by atoms with Gasteiger partial charge in [0.1, 0.15) is 0 Å². The maximum atomic E-state index is 2.42. The van der Waals surface area contributed by atoms with E-state index < -0.39 is 0 Å². The van der Waals surface area contributed by atoms with Crippen LogP contribution in [0.5, 0.6) is 0 Å². The quantitative estimate of drug-likeness (QED) is 0.0946. The summed E-state index contributed by atoms with van der Waals surface area (Å²) in [5.74, 6) is 0.970. The Labute approximate surface area is 446 Å². The first-order valence-electron chi connectivity index (χ1n) is 24.2. The van der Waals surface area contributed by atoms with E-state index in [-0.39, 0.29) is 30.2 Å². The first-order chi connectivity index (χ1) is 32.9. The molecule has 10 aromatic carbocycles. The average Bonchev–Trinajstić information content (AvgIpc) is 3.97. The molecule has 0 nitrogen and oxygen atoms in total. The molecule has 0 heterocycles. The van der Waals surface area contributed by atoms with Gasteiger partial charge in [-0.3, -0.25) is 0 Å². The average molecular weight is 1050 g/mol. The van der Waals surface area contributed by atoms with Crippen LogP contribution in [0.4, 0.5) is 0 Å². The topological polar surface area (TPSA) is 0 Å². The third-order valence-corrected chi connectivity index (χ3v) is 13.2. The van der Waals surface area contributed by atoms with Crippen molar-refractivity contribution >= 4 is 27.0 Å². The number of benzene rings is 8. The van der Waals surface area contributed by atoms with Gasteiger partial charge in [-0.05, 0) is 74.6 Å². The van der Waals surface area contributed by atoms with Crippen molar-refractivity contribution in [3.63, 3.8) is 0 Å². The van der Waals surface area contributed by atoms with Gasteiger partial charge >= 0.3 is 41.9 Å². The molecule has 0 spiro atoms.